The second kappa shape index (κ2) is 4.62. The van der Waals surface area contributed by atoms with Crippen molar-refractivity contribution in [1.82, 2.24) is 14.8 Å². The van der Waals surface area contributed by atoms with E-state index in [1.54, 1.807) is 13.8 Å². The predicted octanol–water partition coefficient (Wildman–Crippen LogP) is 2.19. The van der Waals surface area contributed by atoms with Gasteiger partial charge < -0.3 is 5.73 Å². The lowest BCUT2D eigenvalue weighted by Crippen LogP contribution is -2.18. The van der Waals surface area contributed by atoms with Gasteiger partial charge in [0.25, 0.3) is 0 Å². The van der Waals surface area contributed by atoms with Gasteiger partial charge in [-0.1, -0.05) is 0 Å². The van der Waals surface area contributed by atoms with Crippen LogP contribution in [0.5, 0.6) is 0 Å². The maximum atomic E-state index is 12.7. The summed E-state index contributed by atoms with van der Waals surface area (Å²) in [7, 11) is 0. The second-order valence-corrected chi connectivity index (χ2v) is 4.26. The Morgan fingerprint density at radius 3 is 2.40 bits per heavy atom. The number of amidine groups is 1. The zero-order valence-electron chi connectivity index (χ0n) is 10.8. The quantitative estimate of drug-likeness (QED) is 0.655. The van der Waals surface area contributed by atoms with Crippen LogP contribution in [0.2, 0.25) is 0 Å². The average molecular weight is 283 g/mol. The number of nitrogens with two attached hydrogens (primary N) is 1. The zero-order chi connectivity index (χ0) is 15.1. The smallest absolute Gasteiger partial charge is 0.384 e. The van der Waals surface area contributed by atoms with Gasteiger partial charge in [-0.3, -0.25) is 5.41 Å². The number of halogens is 3. The molecule has 0 amide bonds. The second-order valence-electron chi connectivity index (χ2n) is 4.26. The first kappa shape index (κ1) is 14.0. The van der Waals surface area contributed by atoms with E-state index in [0.717, 1.165) is 12.1 Å². The molecule has 0 saturated heterocycles. The molecular formula is C12H12F3N5. The highest BCUT2D eigenvalue weighted by atomic mass is 19.4. The number of alkyl halides is 3. The molecule has 1 aromatic heterocycles. The fraction of sp³-hybridized carbons (Fsp3) is 0.250. The summed E-state index contributed by atoms with van der Waals surface area (Å²) in [6.45, 7) is 3.34. The summed E-state index contributed by atoms with van der Waals surface area (Å²) in [5.41, 5.74) is 4.78. The van der Waals surface area contributed by atoms with Gasteiger partial charge in [-0.05, 0) is 32.0 Å². The number of benzene rings is 1. The van der Waals surface area contributed by atoms with Crippen LogP contribution >= 0.6 is 0 Å². The van der Waals surface area contributed by atoms with Crippen LogP contribution in [0, 0.1) is 19.3 Å². The van der Waals surface area contributed by atoms with Gasteiger partial charge in [0.2, 0.25) is 0 Å². The molecule has 0 atom stereocenters. The van der Waals surface area contributed by atoms with Crippen molar-refractivity contribution >= 4 is 5.84 Å². The first-order valence-electron chi connectivity index (χ1n) is 5.66. The van der Waals surface area contributed by atoms with Crippen molar-refractivity contribution in [3.05, 3.63) is 41.0 Å². The minimum absolute atomic E-state index is 0.0344. The van der Waals surface area contributed by atoms with E-state index >= 15 is 0 Å². The standard InChI is InChI=1S/C12H12F3N5/c1-6-18-7(2)20(19-6)10-4-3-8(12(13,14)15)5-9(10)11(16)17/h3-5H,1-2H3,(H3,16,17). The van der Waals surface area contributed by atoms with Crippen LogP contribution in [0.25, 0.3) is 5.69 Å². The molecule has 5 nitrogen and oxygen atoms in total. The molecule has 0 aliphatic rings. The van der Waals surface area contributed by atoms with Crippen molar-refractivity contribution < 1.29 is 13.2 Å². The number of nitrogen functional groups attached to an aromatic ring is 1. The van der Waals surface area contributed by atoms with Gasteiger partial charge in [0, 0.05) is 5.56 Å². The molecule has 106 valence electrons. The molecule has 2 aromatic rings. The fourth-order valence-electron chi connectivity index (χ4n) is 1.86. The highest BCUT2D eigenvalue weighted by Gasteiger charge is 2.31. The molecule has 0 spiro atoms. The third-order valence-electron chi connectivity index (χ3n) is 2.72. The first-order chi connectivity index (χ1) is 9.20. The summed E-state index contributed by atoms with van der Waals surface area (Å²) >= 11 is 0. The molecule has 0 fully saturated rings. The summed E-state index contributed by atoms with van der Waals surface area (Å²) < 4.78 is 39.5. The van der Waals surface area contributed by atoms with E-state index in [-0.39, 0.29) is 5.56 Å². The van der Waals surface area contributed by atoms with Crippen molar-refractivity contribution in [1.29, 1.82) is 5.41 Å². The lowest BCUT2D eigenvalue weighted by molar-refractivity contribution is -0.137. The summed E-state index contributed by atoms with van der Waals surface area (Å²) in [4.78, 5) is 4.08. The van der Waals surface area contributed by atoms with Gasteiger partial charge >= 0.3 is 6.18 Å². The molecule has 0 aliphatic carbocycles. The Morgan fingerprint density at radius 2 is 1.95 bits per heavy atom. The lowest BCUT2D eigenvalue weighted by atomic mass is 10.1. The SMILES string of the molecule is Cc1nc(C)n(-c2ccc(C(F)(F)F)cc2C(=N)N)n1. The Kier molecular flexibility index (Phi) is 3.24. The van der Waals surface area contributed by atoms with Crippen molar-refractivity contribution in [3.63, 3.8) is 0 Å². The number of nitrogens with one attached hydrogen (secondary N) is 1. The average Bonchev–Trinajstić information content (AvgIpc) is 2.66. The van der Waals surface area contributed by atoms with E-state index < -0.39 is 17.6 Å². The van der Waals surface area contributed by atoms with Crippen molar-refractivity contribution in [2.24, 2.45) is 5.73 Å². The number of rotatable bonds is 2. The maximum Gasteiger partial charge on any atom is 0.416 e. The van der Waals surface area contributed by atoms with Crippen LogP contribution in [-0.2, 0) is 6.18 Å². The zero-order valence-corrected chi connectivity index (χ0v) is 10.8. The molecule has 1 aromatic carbocycles. The highest BCUT2D eigenvalue weighted by molar-refractivity contribution is 5.98. The summed E-state index contributed by atoms with van der Waals surface area (Å²) in [6.07, 6.45) is -4.49. The van der Waals surface area contributed by atoms with E-state index in [4.69, 9.17) is 11.1 Å². The van der Waals surface area contributed by atoms with Gasteiger partial charge in [0.05, 0.1) is 11.3 Å². The molecule has 8 heteroatoms. The third-order valence-corrected chi connectivity index (χ3v) is 2.72. The first-order valence-corrected chi connectivity index (χ1v) is 5.66. The van der Waals surface area contributed by atoms with Crippen LogP contribution in [0.4, 0.5) is 13.2 Å². The van der Waals surface area contributed by atoms with Crippen LogP contribution in [0.3, 0.4) is 0 Å². The van der Waals surface area contributed by atoms with Gasteiger partial charge in [0.15, 0.2) is 0 Å². The van der Waals surface area contributed by atoms with Gasteiger partial charge in [-0.25, -0.2) is 9.67 Å². The number of hydrogen-bond donors (Lipinski definition) is 2. The number of aryl methyl sites for hydroxylation is 2. The van der Waals surface area contributed by atoms with E-state index in [1.807, 2.05) is 0 Å². The van der Waals surface area contributed by atoms with Crippen molar-refractivity contribution in [2.45, 2.75) is 20.0 Å². The predicted molar refractivity (Wildman–Crippen MR) is 66.9 cm³/mol. The Morgan fingerprint density at radius 1 is 1.30 bits per heavy atom. The van der Waals surface area contributed by atoms with Crippen LogP contribution < -0.4 is 5.73 Å². The molecule has 20 heavy (non-hydrogen) atoms. The molecule has 2 rings (SSSR count). The van der Waals surface area contributed by atoms with E-state index in [2.05, 4.69) is 10.1 Å². The Labute approximate surface area is 112 Å². The third kappa shape index (κ3) is 2.49. The lowest BCUT2D eigenvalue weighted by Gasteiger charge is -2.13. The Bertz CT molecular complexity index is 672. The Balaban J connectivity index is 2.65. The molecular weight excluding hydrogens is 271 g/mol. The number of nitrogens with zero attached hydrogens (tertiary/aromatic N) is 3. The number of hydrogen-bond acceptors (Lipinski definition) is 3. The largest absolute Gasteiger partial charge is 0.416 e. The van der Waals surface area contributed by atoms with Crippen molar-refractivity contribution in [3.8, 4) is 5.69 Å². The molecule has 0 bridgehead atoms. The normalized spacial score (nSPS) is 11.7. The van der Waals surface area contributed by atoms with Crippen LogP contribution in [0.15, 0.2) is 18.2 Å². The molecule has 3 N–H and O–H groups in total. The van der Waals surface area contributed by atoms with Crippen LogP contribution in [-0.4, -0.2) is 20.6 Å². The van der Waals surface area contributed by atoms with Gasteiger partial charge in [-0.15, -0.1) is 0 Å². The number of aromatic nitrogens is 3. The van der Waals surface area contributed by atoms with Crippen LogP contribution in [0.1, 0.15) is 22.8 Å². The van der Waals surface area contributed by atoms with Crippen molar-refractivity contribution in [2.75, 3.05) is 0 Å². The summed E-state index contributed by atoms with van der Waals surface area (Å²) in [6, 6.07) is 3.01. The Hall–Kier alpha value is -2.38. The fourth-order valence-corrected chi connectivity index (χ4v) is 1.86. The van der Waals surface area contributed by atoms with E-state index in [0.29, 0.717) is 17.3 Å². The van der Waals surface area contributed by atoms with Gasteiger partial charge in [-0.2, -0.15) is 18.3 Å². The van der Waals surface area contributed by atoms with E-state index in [9.17, 15) is 13.2 Å². The monoisotopic (exact) mass is 283 g/mol. The summed E-state index contributed by atoms with van der Waals surface area (Å²) in [5.74, 6) is 0.528. The minimum Gasteiger partial charge on any atom is -0.384 e. The van der Waals surface area contributed by atoms with E-state index in [1.165, 1.54) is 10.7 Å². The molecule has 1 heterocycles. The minimum atomic E-state index is -4.49. The molecule has 0 radical (unpaired) electrons. The topological polar surface area (TPSA) is 80.6 Å². The summed E-state index contributed by atoms with van der Waals surface area (Å²) in [5, 5.41) is 11.5. The molecule has 0 unspecified atom stereocenters. The van der Waals surface area contributed by atoms with Gasteiger partial charge in [0.1, 0.15) is 17.5 Å². The molecule has 0 aliphatic heterocycles. The maximum absolute atomic E-state index is 12.7. The highest BCUT2D eigenvalue weighted by Crippen LogP contribution is 2.31. The molecule has 0 saturated carbocycles.